The highest BCUT2D eigenvalue weighted by Crippen LogP contribution is 2.20. The standard InChI is InChI=1S/C19H24ClN3O2/c1-13(2)19(25)22-9-6-16(7-10-22)21-18(24)12-23-8-5-14-3-4-15(20)11-17(14)23/h3-5,8,11,13,16H,6-7,9-10,12H2,1-2H3,(H,21,24). The van der Waals surface area contributed by atoms with Crippen LogP contribution in [-0.4, -0.2) is 40.4 Å². The number of halogens is 1. The van der Waals surface area contributed by atoms with Crippen molar-refractivity contribution in [2.75, 3.05) is 13.1 Å². The molecule has 1 saturated heterocycles. The zero-order chi connectivity index (χ0) is 18.0. The molecule has 0 aliphatic carbocycles. The van der Waals surface area contributed by atoms with Crippen molar-refractivity contribution in [3.05, 3.63) is 35.5 Å². The second-order valence-electron chi connectivity index (χ2n) is 6.97. The first-order valence-electron chi connectivity index (χ1n) is 8.76. The maximum atomic E-state index is 12.4. The summed E-state index contributed by atoms with van der Waals surface area (Å²) in [4.78, 5) is 26.3. The smallest absolute Gasteiger partial charge is 0.240 e. The summed E-state index contributed by atoms with van der Waals surface area (Å²) in [6.45, 7) is 5.54. The molecule has 0 atom stereocenters. The average molecular weight is 362 g/mol. The lowest BCUT2D eigenvalue weighted by Crippen LogP contribution is -2.48. The number of likely N-dealkylation sites (tertiary alicyclic amines) is 1. The van der Waals surface area contributed by atoms with E-state index in [1.54, 1.807) is 0 Å². The second-order valence-corrected chi connectivity index (χ2v) is 7.40. The molecule has 0 radical (unpaired) electrons. The molecule has 1 N–H and O–H groups in total. The van der Waals surface area contributed by atoms with Gasteiger partial charge in [-0.25, -0.2) is 0 Å². The van der Waals surface area contributed by atoms with Crippen molar-refractivity contribution in [3.63, 3.8) is 0 Å². The van der Waals surface area contributed by atoms with Gasteiger partial charge in [-0.3, -0.25) is 9.59 Å². The number of benzene rings is 1. The Hall–Kier alpha value is -2.01. The van der Waals surface area contributed by atoms with Crippen molar-refractivity contribution in [2.45, 2.75) is 39.3 Å². The summed E-state index contributed by atoms with van der Waals surface area (Å²) in [5.74, 6) is 0.214. The van der Waals surface area contributed by atoms with E-state index < -0.39 is 0 Å². The Morgan fingerprint density at radius 1 is 1.24 bits per heavy atom. The van der Waals surface area contributed by atoms with E-state index in [1.165, 1.54) is 0 Å². The summed E-state index contributed by atoms with van der Waals surface area (Å²) in [7, 11) is 0. The van der Waals surface area contributed by atoms with E-state index in [1.807, 2.05) is 53.8 Å². The predicted octanol–water partition coefficient (Wildman–Crippen LogP) is 3.06. The van der Waals surface area contributed by atoms with Crippen molar-refractivity contribution in [2.24, 2.45) is 5.92 Å². The topological polar surface area (TPSA) is 54.3 Å². The van der Waals surface area contributed by atoms with Gasteiger partial charge in [0, 0.05) is 41.8 Å². The van der Waals surface area contributed by atoms with Crippen molar-refractivity contribution >= 4 is 34.3 Å². The van der Waals surface area contributed by atoms with Crippen LogP contribution < -0.4 is 5.32 Å². The van der Waals surface area contributed by atoms with Gasteiger partial charge in [-0.15, -0.1) is 0 Å². The number of aromatic nitrogens is 1. The molecule has 25 heavy (non-hydrogen) atoms. The highest BCUT2D eigenvalue weighted by atomic mass is 35.5. The fraction of sp³-hybridized carbons (Fsp3) is 0.474. The third-order valence-electron chi connectivity index (χ3n) is 4.72. The largest absolute Gasteiger partial charge is 0.352 e. The molecule has 1 aromatic carbocycles. The van der Waals surface area contributed by atoms with Gasteiger partial charge in [0.25, 0.3) is 0 Å². The molecule has 1 aliphatic rings. The third-order valence-corrected chi connectivity index (χ3v) is 4.95. The summed E-state index contributed by atoms with van der Waals surface area (Å²) in [6.07, 6.45) is 3.52. The number of nitrogens with zero attached hydrogens (tertiary/aromatic N) is 2. The predicted molar refractivity (Wildman–Crippen MR) is 99.5 cm³/mol. The fourth-order valence-corrected chi connectivity index (χ4v) is 3.50. The first-order valence-corrected chi connectivity index (χ1v) is 9.14. The van der Waals surface area contributed by atoms with Gasteiger partial charge in [0.05, 0.1) is 0 Å². The van der Waals surface area contributed by atoms with Gasteiger partial charge in [0.1, 0.15) is 6.54 Å². The van der Waals surface area contributed by atoms with Gasteiger partial charge >= 0.3 is 0 Å². The van der Waals surface area contributed by atoms with Crippen LogP contribution >= 0.6 is 11.6 Å². The highest BCUT2D eigenvalue weighted by molar-refractivity contribution is 6.31. The minimum absolute atomic E-state index is 0.00823. The number of hydrogen-bond acceptors (Lipinski definition) is 2. The first kappa shape index (κ1) is 17.8. The number of piperidine rings is 1. The fourth-order valence-electron chi connectivity index (χ4n) is 3.33. The summed E-state index contributed by atoms with van der Waals surface area (Å²) < 4.78 is 1.91. The average Bonchev–Trinajstić information content (AvgIpc) is 2.97. The van der Waals surface area contributed by atoms with Crippen molar-refractivity contribution < 1.29 is 9.59 Å². The molecule has 0 saturated carbocycles. The molecule has 2 heterocycles. The van der Waals surface area contributed by atoms with Gasteiger partial charge in [-0.05, 0) is 36.4 Å². The van der Waals surface area contributed by atoms with E-state index >= 15 is 0 Å². The van der Waals surface area contributed by atoms with Gasteiger partial charge in [-0.2, -0.15) is 0 Å². The molecule has 1 aromatic heterocycles. The summed E-state index contributed by atoms with van der Waals surface area (Å²) in [5, 5.41) is 4.82. The maximum absolute atomic E-state index is 12.4. The van der Waals surface area contributed by atoms with E-state index in [0.29, 0.717) is 18.1 Å². The monoisotopic (exact) mass is 361 g/mol. The van der Waals surface area contributed by atoms with Crippen molar-refractivity contribution in [1.29, 1.82) is 0 Å². The van der Waals surface area contributed by atoms with Crippen LogP contribution in [0.5, 0.6) is 0 Å². The molecule has 1 aliphatic heterocycles. The van der Waals surface area contributed by atoms with Crippen LogP contribution in [0.2, 0.25) is 5.02 Å². The molecule has 0 bridgehead atoms. The Balaban J connectivity index is 1.55. The van der Waals surface area contributed by atoms with Crippen LogP contribution in [0.15, 0.2) is 30.5 Å². The number of fused-ring (bicyclic) bond motifs is 1. The SMILES string of the molecule is CC(C)C(=O)N1CCC(NC(=O)Cn2ccc3ccc(Cl)cc32)CC1. The normalized spacial score (nSPS) is 15.8. The van der Waals surface area contributed by atoms with Crippen LogP contribution in [0.1, 0.15) is 26.7 Å². The number of nitrogens with one attached hydrogen (secondary N) is 1. The molecule has 134 valence electrons. The summed E-state index contributed by atoms with van der Waals surface area (Å²) in [5.41, 5.74) is 0.958. The summed E-state index contributed by atoms with van der Waals surface area (Å²) in [6, 6.07) is 7.79. The van der Waals surface area contributed by atoms with Crippen LogP contribution in [0.3, 0.4) is 0 Å². The van der Waals surface area contributed by atoms with Gasteiger partial charge < -0.3 is 14.8 Å². The van der Waals surface area contributed by atoms with Crippen molar-refractivity contribution in [3.8, 4) is 0 Å². The maximum Gasteiger partial charge on any atom is 0.240 e. The van der Waals surface area contributed by atoms with E-state index in [4.69, 9.17) is 11.6 Å². The van der Waals surface area contributed by atoms with Gasteiger partial charge in [-0.1, -0.05) is 31.5 Å². The zero-order valence-electron chi connectivity index (χ0n) is 14.7. The molecule has 2 aromatic rings. The van der Waals surface area contributed by atoms with Crippen LogP contribution in [0, 0.1) is 5.92 Å². The third kappa shape index (κ3) is 4.15. The lowest BCUT2D eigenvalue weighted by molar-refractivity contribution is -0.135. The quantitative estimate of drug-likeness (QED) is 0.909. The Bertz CT molecular complexity index is 776. The number of amides is 2. The zero-order valence-corrected chi connectivity index (χ0v) is 15.4. The molecular formula is C19H24ClN3O2. The highest BCUT2D eigenvalue weighted by Gasteiger charge is 2.25. The minimum Gasteiger partial charge on any atom is -0.352 e. The molecule has 2 amide bonds. The number of carbonyl (C=O) groups excluding carboxylic acids is 2. The molecule has 0 spiro atoms. The van der Waals surface area contributed by atoms with E-state index in [0.717, 1.165) is 23.7 Å². The molecule has 6 heteroatoms. The lowest BCUT2D eigenvalue weighted by Gasteiger charge is -2.33. The Labute approximate surface area is 152 Å². The van der Waals surface area contributed by atoms with Crippen LogP contribution in [0.25, 0.3) is 10.9 Å². The molecule has 5 nitrogen and oxygen atoms in total. The molecule has 1 fully saturated rings. The van der Waals surface area contributed by atoms with E-state index in [2.05, 4.69) is 5.32 Å². The second kappa shape index (κ2) is 7.48. The first-order chi connectivity index (χ1) is 11.9. The van der Waals surface area contributed by atoms with Gasteiger partial charge in [0.2, 0.25) is 11.8 Å². The molecule has 3 rings (SSSR count). The van der Waals surface area contributed by atoms with Crippen LogP contribution in [0.4, 0.5) is 0 Å². The summed E-state index contributed by atoms with van der Waals surface area (Å²) >= 11 is 6.06. The van der Waals surface area contributed by atoms with E-state index in [-0.39, 0.29) is 30.3 Å². The number of hydrogen-bond donors (Lipinski definition) is 1. The molecular weight excluding hydrogens is 338 g/mol. The Morgan fingerprint density at radius 2 is 1.96 bits per heavy atom. The minimum atomic E-state index is -0.00823. The van der Waals surface area contributed by atoms with Crippen molar-refractivity contribution in [1.82, 2.24) is 14.8 Å². The van der Waals surface area contributed by atoms with Crippen LogP contribution in [-0.2, 0) is 16.1 Å². The Kier molecular flexibility index (Phi) is 5.33. The Morgan fingerprint density at radius 3 is 2.64 bits per heavy atom. The number of carbonyl (C=O) groups is 2. The van der Waals surface area contributed by atoms with E-state index in [9.17, 15) is 9.59 Å². The van der Waals surface area contributed by atoms with Gasteiger partial charge in [0.15, 0.2) is 0 Å². The molecule has 0 unspecified atom stereocenters. The number of rotatable bonds is 4. The lowest BCUT2D eigenvalue weighted by atomic mass is 10.0.